The van der Waals surface area contributed by atoms with E-state index in [-0.39, 0.29) is 5.91 Å². The fraction of sp³-hybridized carbons (Fsp3) is 0.367. The first-order valence-electron chi connectivity index (χ1n) is 12.8. The van der Waals surface area contributed by atoms with E-state index in [9.17, 15) is 4.79 Å². The Bertz CT molecular complexity index is 1250. The van der Waals surface area contributed by atoms with Gasteiger partial charge < -0.3 is 15.6 Å². The minimum Gasteiger partial charge on any atom is -0.359 e. The van der Waals surface area contributed by atoms with Crippen LogP contribution in [0.5, 0.6) is 0 Å². The van der Waals surface area contributed by atoms with Gasteiger partial charge in [-0.1, -0.05) is 35.9 Å². The predicted molar refractivity (Wildman–Crippen MR) is 154 cm³/mol. The van der Waals surface area contributed by atoms with Gasteiger partial charge in [-0.05, 0) is 76.4 Å². The highest BCUT2D eigenvalue weighted by Crippen LogP contribution is 2.35. The number of amides is 1. The number of fused-ring (bicyclic) bond motifs is 1. The van der Waals surface area contributed by atoms with Crippen LogP contribution in [-0.2, 0) is 11.3 Å². The second-order valence-corrected chi connectivity index (χ2v) is 10.7. The van der Waals surface area contributed by atoms with Gasteiger partial charge in [-0.25, -0.2) is 0 Å². The second kappa shape index (κ2) is 11.5. The number of H-pyrrole nitrogens is 1. The summed E-state index contributed by atoms with van der Waals surface area (Å²) in [6, 6.07) is 17.1. The number of thiol groups is 1. The summed E-state index contributed by atoms with van der Waals surface area (Å²) in [6.45, 7) is 14.0. The highest BCUT2D eigenvalue weighted by Gasteiger charge is 2.25. The van der Waals surface area contributed by atoms with Gasteiger partial charge in [0.15, 0.2) is 0 Å². The molecule has 3 N–H and O–H groups in total. The lowest BCUT2D eigenvalue weighted by Crippen LogP contribution is -2.37. The lowest BCUT2D eigenvalue weighted by Gasteiger charge is -2.22. The van der Waals surface area contributed by atoms with E-state index in [2.05, 4.69) is 79.9 Å². The van der Waals surface area contributed by atoms with Crippen molar-refractivity contribution in [1.29, 1.82) is 0 Å². The number of aromatic nitrogens is 1. The molecule has 3 aromatic rings. The number of anilines is 1. The van der Waals surface area contributed by atoms with Crippen molar-refractivity contribution < 1.29 is 4.79 Å². The Morgan fingerprint density at radius 3 is 2.50 bits per heavy atom. The molecule has 0 bridgehead atoms. The van der Waals surface area contributed by atoms with Crippen molar-refractivity contribution in [1.82, 2.24) is 15.2 Å². The van der Waals surface area contributed by atoms with E-state index in [4.69, 9.17) is 0 Å². The zero-order chi connectivity index (χ0) is 25.8. The van der Waals surface area contributed by atoms with E-state index in [1.54, 1.807) is 0 Å². The van der Waals surface area contributed by atoms with Crippen molar-refractivity contribution >= 4 is 35.9 Å². The molecule has 2 aliphatic rings. The molecule has 1 unspecified atom stereocenters. The van der Waals surface area contributed by atoms with Crippen LogP contribution in [0.1, 0.15) is 53.9 Å². The normalized spacial score (nSPS) is 20.9. The third-order valence-electron chi connectivity index (χ3n) is 7.01. The molecule has 2 aromatic carbocycles. The van der Waals surface area contributed by atoms with Crippen molar-refractivity contribution in [3.05, 3.63) is 82.2 Å². The maximum absolute atomic E-state index is 12.5. The average Bonchev–Trinajstić information content (AvgIpc) is 3.20. The molecular weight excluding hydrogens is 464 g/mol. The quantitative estimate of drug-likeness (QED) is 0.263. The summed E-state index contributed by atoms with van der Waals surface area (Å²) >= 11 is 4.43. The van der Waals surface area contributed by atoms with Crippen LogP contribution in [0.4, 0.5) is 5.69 Å². The van der Waals surface area contributed by atoms with E-state index >= 15 is 0 Å². The van der Waals surface area contributed by atoms with E-state index in [1.807, 2.05) is 42.5 Å². The van der Waals surface area contributed by atoms with Crippen LogP contribution in [0.25, 0.3) is 11.6 Å². The van der Waals surface area contributed by atoms with Crippen molar-refractivity contribution in [3.8, 4) is 0 Å². The Hall–Kier alpha value is -2.80. The molecule has 5 rings (SSSR count). The first-order chi connectivity index (χ1) is 17.2. The molecule has 2 atom stereocenters. The minimum atomic E-state index is -0.0615. The van der Waals surface area contributed by atoms with Gasteiger partial charge in [-0.15, -0.1) is 12.6 Å². The molecule has 0 aliphatic carbocycles. The molecular formula is C30H38N4OS. The number of nitrogens with zero attached hydrogens (tertiary/aromatic N) is 1. The minimum absolute atomic E-state index is 0.0615. The molecule has 0 saturated carbocycles. The Morgan fingerprint density at radius 1 is 1.06 bits per heavy atom. The van der Waals surface area contributed by atoms with Gasteiger partial charge in [0.25, 0.3) is 5.91 Å². The molecule has 5 nitrogen and oxygen atoms in total. The standard InChI is InChI=1S/C23H30N4OS.C7H8/c1-13-7-8-27(11-14(2)24-13)12-20-15(3)22(25-16(20)4)10-19-18-9-17(29)5-6-21(18)26-23(19)28;1-7-5-3-2-4-6-7/h5-6,9-10,13-14,24-25,29H,7-8,11-12H2,1-4H3,(H,26,28);2-6H,1H3/b19-10-;/t13?,14-;/m0./s1. The molecule has 1 aromatic heterocycles. The number of nitrogens with one attached hydrogen (secondary N) is 3. The maximum atomic E-state index is 12.5. The third-order valence-corrected chi connectivity index (χ3v) is 7.29. The fourth-order valence-electron chi connectivity index (χ4n) is 5.04. The first kappa shape index (κ1) is 26.3. The topological polar surface area (TPSA) is 60.2 Å². The molecule has 2 aliphatic heterocycles. The lowest BCUT2D eigenvalue weighted by molar-refractivity contribution is -0.110. The third kappa shape index (κ3) is 6.30. The SMILES string of the molecule is Cc1[nH]c(/C=C2\C(=O)Nc3ccc(S)cc32)c(C)c1CN1CCC(C)N[C@@H](C)C1.Cc1ccccc1. The van der Waals surface area contributed by atoms with Gasteiger partial charge >= 0.3 is 0 Å². The molecule has 0 radical (unpaired) electrons. The fourth-order valence-corrected chi connectivity index (χ4v) is 5.24. The van der Waals surface area contributed by atoms with E-state index in [0.717, 1.165) is 47.9 Å². The smallest absolute Gasteiger partial charge is 0.256 e. The maximum Gasteiger partial charge on any atom is 0.256 e. The number of hydrogen-bond donors (Lipinski definition) is 4. The van der Waals surface area contributed by atoms with Gasteiger partial charge in [0.2, 0.25) is 0 Å². The number of carbonyl (C=O) groups excluding carboxylic acids is 1. The van der Waals surface area contributed by atoms with Crippen LogP contribution in [0, 0.1) is 20.8 Å². The summed E-state index contributed by atoms with van der Waals surface area (Å²) < 4.78 is 0. The molecule has 190 valence electrons. The summed E-state index contributed by atoms with van der Waals surface area (Å²) in [6.07, 6.45) is 3.14. The molecule has 1 amide bonds. The Labute approximate surface area is 220 Å². The van der Waals surface area contributed by atoms with Gasteiger partial charge in [-0.3, -0.25) is 9.69 Å². The number of hydrogen-bond acceptors (Lipinski definition) is 4. The number of benzene rings is 2. The first-order valence-corrected chi connectivity index (χ1v) is 13.2. The number of carbonyl (C=O) groups is 1. The number of aryl methyl sites for hydroxylation is 2. The van der Waals surface area contributed by atoms with Gasteiger partial charge in [0.05, 0.1) is 5.57 Å². The molecule has 1 saturated heterocycles. The predicted octanol–water partition coefficient (Wildman–Crippen LogP) is 5.98. The summed E-state index contributed by atoms with van der Waals surface area (Å²) in [4.78, 5) is 19.4. The van der Waals surface area contributed by atoms with E-state index in [0.29, 0.717) is 17.7 Å². The van der Waals surface area contributed by atoms with Crippen LogP contribution in [0.15, 0.2) is 53.4 Å². The Balaban J connectivity index is 0.000000375. The van der Waals surface area contributed by atoms with Crippen LogP contribution in [0.2, 0.25) is 0 Å². The van der Waals surface area contributed by atoms with Crippen molar-refractivity contribution in [2.75, 3.05) is 18.4 Å². The average molecular weight is 503 g/mol. The van der Waals surface area contributed by atoms with E-state index < -0.39 is 0 Å². The zero-order valence-electron chi connectivity index (χ0n) is 22.0. The van der Waals surface area contributed by atoms with Crippen molar-refractivity contribution in [2.24, 2.45) is 0 Å². The molecule has 36 heavy (non-hydrogen) atoms. The highest BCUT2D eigenvalue weighted by molar-refractivity contribution is 7.80. The Morgan fingerprint density at radius 2 is 1.81 bits per heavy atom. The lowest BCUT2D eigenvalue weighted by atomic mass is 10.0. The van der Waals surface area contributed by atoms with Crippen LogP contribution >= 0.6 is 12.6 Å². The van der Waals surface area contributed by atoms with Crippen LogP contribution < -0.4 is 10.6 Å². The summed E-state index contributed by atoms with van der Waals surface area (Å²) in [5.74, 6) is -0.0615. The van der Waals surface area contributed by atoms with Crippen molar-refractivity contribution in [2.45, 2.75) is 64.6 Å². The van der Waals surface area contributed by atoms with Crippen molar-refractivity contribution in [3.63, 3.8) is 0 Å². The summed E-state index contributed by atoms with van der Waals surface area (Å²) in [5, 5.41) is 6.60. The summed E-state index contributed by atoms with van der Waals surface area (Å²) in [7, 11) is 0. The zero-order valence-corrected chi connectivity index (χ0v) is 22.9. The monoisotopic (exact) mass is 502 g/mol. The molecule has 3 heterocycles. The largest absolute Gasteiger partial charge is 0.359 e. The van der Waals surface area contributed by atoms with Gasteiger partial charge in [0, 0.05) is 59.3 Å². The Kier molecular flexibility index (Phi) is 8.39. The van der Waals surface area contributed by atoms with Gasteiger partial charge in [-0.2, -0.15) is 0 Å². The molecule has 6 heteroatoms. The molecule has 0 spiro atoms. The number of aromatic amines is 1. The van der Waals surface area contributed by atoms with Crippen LogP contribution in [0.3, 0.4) is 0 Å². The van der Waals surface area contributed by atoms with Gasteiger partial charge in [0.1, 0.15) is 0 Å². The second-order valence-electron chi connectivity index (χ2n) is 10.2. The molecule has 1 fully saturated rings. The van der Waals surface area contributed by atoms with Crippen LogP contribution in [-0.4, -0.2) is 41.0 Å². The summed E-state index contributed by atoms with van der Waals surface area (Å²) in [5.41, 5.74) is 8.51. The number of rotatable bonds is 3. The van der Waals surface area contributed by atoms with E-state index in [1.165, 1.54) is 22.4 Å². The highest BCUT2D eigenvalue weighted by atomic mass is 32.1.